The second-order valence-corrected chi connectivity index (χ2v) is 13.7. The zero-order chi connectivity index (χ0) is 15.1. The molecular weight excluding hydrogens is 290 g/mol. The van der Waals surface area contributed by atoms with E-state index in [4.69, 9.17) is 0 Å². The highest BCUT2D eigenvalue weighted by atomic mass is 32.2. The molecule has 4 nitrogen and oxygen atoms in total. The summed E-state index contributed by atoms with van der Waals surface area (Å²) in [5.74, 6) is -0.218. The minimum atomic E-state index is -3.69. The Morgan fingerprint density at radius 2 is 1.70 bits per heavy atom. The van der Waals surface area contributed by atoms with E-state index < -0.39 is 18.1 Å². The van der Waals surface area contributed by atoms with Crippen LogP contribution in [0.15, 0.2) is 29.2 Å². The molecule has 1 aromatic rings. The number of carbonyl (C=O) groups excluding carboxylic acids is 1. The van der Waals surface area contributed by atoms with Gasteiger partial charge in [0, 0.05) is 12.1 Å². The Morgan fingerprint density at radius 3 is 2.15 bits per heavy atom. The molecule has 0 aromatic heterocycles. The third-order valence-electron chi connectivity index (χ3n) is 3.82. The minimum absolute atomic E-state index is 0.0947. The van der Waals surface area contributed by atoms with Crippen LogP contribution in [0, 0.1) is 6.92 Å². The van der Waals surface area contributed by atoms with Gasteiger partial charge < -0.3 is 0 Å². The number of sulfonamides is 1. The van der Waals surface area contributed by atoms with Gasteiger partial charge in [0.1, 0.15) is 0 Å². The van der Waals surface area contributed by atoms with E-state index in [9.17, 15) is 13.2 Å². The SMILES string of the molecule is Cc1ccc(S(=O)(=O)N2CCC([Si](C)(C)C)C2=O)cc1. The van der Waals surface area contributed by atoms with Crippen molar-refractivity contribution in [3.8, 4) is 0 Å². The first-order chi connectivity index (χ1) is 9.14. The van der Waals surface area contributed by atoms with E-state index in [1.807, 2.05) is 6.92 Å². The Labute approximate surface area is 121 Å². The fraction of sp³-hybridized carbons (Fsp3) is 0.500. The molecule has 1 aromatic carbocycles. The number of benzene rings is 1. The number of aryl methyl sites for hydroxylation is 1. The standard InChI is InChI=1S/C14H21NO3SSi/c1-11-5-7-12(8-6-11)19(17,18)15-10-9-13(14(15)16)20(2,3)4/h5-8,13H,9-10H2,1-4H3. The van der Waals surface area contributed by atoms with Crippen LogP contribution < -0.4 is 0 Å². The first-order valence-corrected chi connectivity index (χ1v) is 11.8. The fourth-order valence-corrected chi connectivity index (χ4v) is 5.96. The predicted octanol–water partition coefficient (Wildman–Crippen LogP) is 2.62. The summed E-state index contributed by atoms with van der Waals surface area (Å²) in [6.45, 7) is 8.54. The Bertz CT molecular complexity index is 617. The van der Waals surface area contributed by atoms with Crippen molar-refractivity contribution >= 4 is 24.0 Å². The largest absolute Gasteiger partial charge is 0.274 e. The summed E-state index contributed by atoms with van der Waals surface area (Å²) in [6, 6.07) is 6.65. The van der Waals surface area contributed by atoms with Crippen molar-refractivity contribution in [1.29, 1.82) is 0 Å². The lowest BCUT2D eigenvalue weighted by molar-refractivity contribution is -0.123. The van der Waals surface area contributed by atoms with Crippen LogP contribution in [0.3, 0.4) is 0 Å². The molecule has 6 heteroatoms. The van der Waals surface area contributed by atoms with Crippen molar-refractivity contribution in [3.05, 3.63) is 29.8 Å². The average Bonchev–Trinajstić information content (AvgIpc) is 2.72. The maximum absolute atomic E-state index is 12.5. The van der Waals surface area contributed by atoms with Gasteiger partial charge in [-0.15, -0.1) is 0 Å². The van der Waals surface area contributed by atoms with Gasteiger partial charge in [-0.1, -0.05) is 37.3 Å². The van der Waals surface area contributed by atoms with Gasteiger partial charge in [0.05, 0.1) is 13.0 Å². The molecule has 0 saturated carbocycles. The van der Waals surface area contributed by atoms with Crippen molar-refractivity contribution in [3.63, 3.8) is 0 Å². The molecule has 1 aliphatic heterocycles. The maximum atomic E-state index is 12.5. The van der Waals surface area contributed by atoms with Crippen LogP contribution in [0.1, 0.15) is 12.0 Å². The van der Waals surface area contributed by atoms with E-state index in [0.717, 1.165) is 9.87 Å². The van der Waals surface area contributed by atoms with E-state index in [-0.39, 0.29) is 16.3 Å². The topological polar surface area (TPSA) is 54.5 Å². The smallest absolute Gasteiger partial charge is 0.266 e. The van der Waals surface area contributed by atoms with Crippen LogP contribution in [0.4, 0.5) is 0 Å². The van der Waals surface area contributed by atoms with Gasteiger partial charge in [0.15, 0.2) is 0 Å². The quantitative estimate of drug-likeness (QED) is 0.806. The van der Waals surface area contributed by atoms with Crippen LogP contribution in [-0.4, -0.2) is 33.2 Å². The summed E-state index contributed by atoms with van der Waals surface area (Å²) in [7, 11) is -5.37. The van der Waals surface area contributed by atoms with E-state index in [0.29, 0.717) is 13.0 Å². The first-order valence-electron chi connectivity index (χ1n) is 6.77. The monoisotopic (exact) mass is 311 g/mol. The van der Waals surface area contributed by atoms with Gasteiger partial charge in [-0.2, -0.15) is 0 Å². The van der Waals surface area contributed by atoms with Crippen LogP contribution in [-0.2, 0) is 14.8 Å². The van der Waals surface area contributed by atoms with Crippen molar-refractivity contribution in [1.82, 2.24) is 4.31 Å². The Morgan fingerprint density at radius 1 is 1.15 bits per heavy atom. The van der Waals surface area contributed by atoms with Gasteiger partial charge >= 0.3 is 0 Å². The third kappa shape index (κ3) is 2.67. The number of amides is 1. The zero-order valence-corrected chi connectivity index (χ0v) is 14.2. The van der Waals surface area contributed by atoms with Crippen LogP contribution in [0.5, 0.6) is 0 Å². The van der Waals surface area contributed by atoms with Gasteiger partial charge in [0.2, 0.25) is 5.91 Å². The van der Waals surface area contributed by atoms with Crippen molar-refractivity contribution in [2.45, 2.75) is 43.4 Å². The summed E-state index contributed by atoms with van der Waals surface area (Å²) >= 11 is 0. The molecule has 0 N–H and O–H groups in total. The molecule has 0 bridgehead atoms. The number of hydrogen-bond acceptors (Lipinski definition) is 3. The highest BCUT2D eigenvalue weighted by Crippen LogP contribution is 2.36. The summed E-state index contributed by atoms with van der Waals surface area (Å²) < 4.78 is 26.2. The van der Waals surface area contributed by atoms with Crippen LogP contribution >= 0.6 is 0 Å². The highest BCUT2D eigenvalue weighted by molar-refractivity contribution is 7.89. The van der Waals surface area contributed by atoms with Crippen molar-refractivity contribution in [2.24, 2.45) is 0 Å². The molecule has 0 aliphatic carbocycles. The van der Waals surface area contributed by atoms with Gasteiger partial charge in [-0.25, -0.2) is 12.7 Å². The zero-order valence-electron chi connectivity index (χ0n) is 12.4. The van der Waals surface area contributed by atoms with E-state index in [2.05, 4.69) is 19.6 Å². The molecule has 1 atom stereocenters. The van der Waals surface area contributed by atoms with Gasteiger partial charge in [0.25, 0.3) is 10.0 Å². The molecule has 110 valence electrons. The Balaban J connectivity index is 2.33. The van der Waals surface area contributed by atoms with Gasteiger partial charge in [-0.3, -0.25) is 4.79 Å². The third-order valence-corrected chi connectivity index (χ3v) is 8.26. The van der Waals surface area contributed by atoms with Crippen LogP contribution in [0.2, 0.25) is 25.2 Å². The molecule has 1 saturated heterocycles. The van der Waals surface area contributed by atoms with E-state index in [1.165, 1.54) is 0 Å². The predicted molar refractivity (Wildman–Crippen MR) is 81.8 cm³/mol. The first kappa shape index (κ1) is 15.2. The lowest BCUT2D eigenvalue weighted by Gasteiger charge is -2.23. The summed E-state index contributed by atoms with van der Waals surface area (Å²) in [4.78, 5) is 12.6. The Kier molecular flexibility index (Phi) is 3.81. The molecule has 20 heavy (non-hydrogen) atoms. The molecule has 1 amide bonds. The lowest BCUT2D eigenvalue weighted by Crippen LogP contribution is -2.38. The second kappa shape index (κ2) is 5.00. The maximum Gasteiger partial charge on any atom is 0.266 e. The van der Waals surface area contributed by atoms with Gasteiger partial charge in [-0.05, 0) is 25.5 Å². The molecule has 0 radical (unpaired) electrons. The highest BCUT2D eigenvalue weighted by Gasteiger charge is 2.45. The number of nitrogens with zero attached hydrogens (tertiary/aromatic N) is 1. The number of hydrogen-bond donors (Lipinski definition) is 0. The molecule has 1 unspecified atom stereocenters. The van der Waals surface area contributed by atoms with Crippen molar-refractivity contribution < 1.29 is 13.2 Å². The summed E-state index contributed by atoms with van der Waals surface area (Å²) in [6.07, 6.45) is 0.652. The average molecular weight is 311 g/mol. The van der Waals surface area contributed by atoms with E-state index >= 15 is 0 Å². The molecular formula is C14H21NO3SSi. The molecule has 1 heterocycles. The summed E-state index contributed by atoms with van der Waals surface area (Å²) in [5.41, 5.74) is 0.902. The number of carbonyl (C=O) groups is 1. The van der Waals surface area contributed by atoms with Crippen LogP contribution in [0.25, 0.3) is 0 Å². The Hall–Kier alpha value is -1.14. The fourth-order valence-electron chi connectivity index (χ4n) is 2.53. The number of rotatable bonds is 3. The van der Waals surface area contributed by atoms with Crippen molar-refractivity contribution in [2.75, 3.05) is 6.54 Å². The summed E-state index contributed by atoms with van der Waals surface area (Å²) in [5, 5.41) is 0. The molecule has 0 spiro atoms. The molecule has 1 aliphatic rings. The second-order valence-electron chi connectivity index (χ2n) is 6.44. The normalized spacial score (nSPS) is 20.5. The molecule has 2 rings (SSSR count). The molecule has 1 fully saturated rings. The minimum Gasteiger partial charge on any atom is -0.274 e. The lowest BCUT2D eigenvalue weighted by atomic mass is 10.2. The van der Waals surface area contributed by atoms with E-state index in [1.54, 1.807) is 24.3 Å².